The third-order valence-corrected chi connectivity index (χ3v) is 5.68. The predicted molar refractivity (Wildman–Crippen MR) is 85.7 cm³/mol. The first-order valence-corrected chi connectivity index (χ1v) is 8.54. The van der Waals surface area contributed by atoms with Crippen LogP contribution in [-0.4, -0.2) is 29.8 Å². The van der Waals surface area contributed by atoms with Crippen LogP contribution in [0.1, 0.15) is 37.7 Å². The van der Waals surface area contributed by atoms with Crippen molar-refractivity contribution in [2.75, 3.05) is 19.9 Å². The van der Waals surface area contributed by atoms with Crippen LogP contribution in [0.3, 0.4) is 0 Å². The zero-order chi connectivity index (χ0) is 14.4. The minimum atomic E-state index is 0.254. The van der Waals surface area contributed by atoms with Gasteiger partial charge in [-0.05, 0) is 25.2 Å². The molecule has 1 aliphatic carbocycles. The van der Waals surface area contributed by atoms with Crippen molar-refractivity contribution in [1.29, 1.82) is 0 Å². The van der Waals surface area contributed by atoms with Crippen LogP contribution in [0.15, 0.2) is 18.2 Å². The molecule has 3 nitrogen and oxygen atoms in total. The predicted octanol–water partition coefficient (Wildman–Crippen LogP) is 3.56. The Morgan fingerprint density at radius 3 is 2.70 bits per heavy atom. The Balaban J connectivity index is 1.92. The smallest absolute Gasteiger partial charge is 0.162 e. The van der Waals surface area contributed by atoms with Crippen LogP contribution < -0.4 is 10.1 Å². The molecule has 0 saturated heterocycles. The zero-order valence-corrected chi connectivity index (χ0v) is 13.3. The first-order valence-electron chi connectivity index (χ1n) is 7.31. The summed E-state index contributed by atoms with van der Waals surface area (Å²) in [7, 11) is 1.58. The molecule has 0 unspecified atom stereocenters. The summed E-state index contributed by atoms with van der Waals surface area (Å²) in [5.41, 5.74) is 0.899. The largest absolute Gasteiger partial charge is 0.504 e. The van der Waals surface area contributed by atoms with Gasteiger partial charge in [-0.3, -0.25) is 0 Å². The van der Waals surface area contributed by atoms with Gasteiger partial charge in [0.25, 0.3) is 0 Å². The van der Waals surface area contributed by atoms with Gasteiger partial charge < -0.3 is 15.2 Å². The molecule has 2 rings (SSSR count). The van der Waals surface area contributed by atoms with Gasteiger partial charge in [0, 0.05) is 23.4 Å². The number of hydrogen-bond acceptors (Lipinski definition) is 4. The molecule has 0 atom stereocenters. The fraction of sp³-hybridized carbons (Fsp3) is 0.625. The number of hydrogen-bond donors (Lipinski definition) is 2. The molecule has 1 saturated carbocycles. The number of methoxy groups -OCH3 is 1. The van der Waals surface area contributed by atoms with Crippen molar-refractivity contribution >= 4 is 11.8 Å². The zero-order valence-electron chi connectivity index (χ0n) is 12.4. The summed E-state index contributed by atoms with van der Waals surface area (Å²) in [4.78, 5) is 0. The van der Waals surface area contributed by atoms with Crippen LogP contribution in [0.2, 0.25) is 0 Å². The van der Waals surface area contributed by atoms with E-state index < -0.39 is 0 Å². The summed E-state index contributed by atoms with van der Waals surface area (Å²) in [5.74, 6) is 0.797. The van der Waals surface area contributed by atoms with Crippen LogP contribution in [0, 0.1) is 0 Å². The number of benzene rings is 1. The summed E-state index contributed by atoms with van der Waals surface area (Å²) >= 11 is 1.99. The Bertz CT molecular complexity index is 430. The van der Waals surface area contributed by atoms with Crippen LogP contribution in [0.5, 0.6) is 11.5 Å². The third-order valence-electron chi connectivity index (χ3n) is 4.26. The first kappa shape index (κ1) is 15.5. The highest BCUT2D eigenvalue weighted by Crippen LogP contribution is 2.38. The van der Waals surface area contributed by atoms with E-state index in [4.69, 9.17) is 4.74 Å². The number of phenolic OH excluding ortho intramolecular Hbond substituents is 1. The molecule has 1 fully saturated rings. The molecule has 0 bridgehead atoms. The molecule has 0 aromatic heterocycles. The van der Waals surface area contributed by atoms with Crippen LogP contribution in [-0.2, 0) is 6.54 Å². The van der Waals surface area contributed by atoms with Gasteiger partial charge in [-0.15, -0.1) is 0 Å². The van der Waals surface area contributed by atoms with Crippen molar-refractivity contribution in [1.82, 2.24) is 5.32 Å². The van der Waals surface area contributed by atoms with Crippen molar-refractivity contribution in [2.45, 2.75) is 43.4 Å². The third kappa shape index (κ3) is 3.61. The molecule has 0 radical (unpaired) electrons. The summed E-state index contributed by atoms with van der Waals surface area (Å²) in [6, 6.07) is 5.64. The maximum atomic E-state index is 10.1. The molecule has 2 N–H and O–H groups in total. The molecule has 1 aliphatic rings. The van der Waals surface area contributed by atoms with Crippen molar-refractivity contribution in [2.24, 2.45) is 0 Å². The van der Waals surface area contributed by atoms with Gasteiger partial charge in [-0.1, -0.05) is 31.4 Å². The maximum Gasteiger partial charge on any atom is 0.162 e. The molecule has 0 aliphatic heterocycles. The number of para-hydroxylation sites is 1. The van der Waals surface area contributed by atoms with E-state index in [9.17, 15) is 5.11 Å². The van der Waals surface area contributed by atoms with E-state index in [1.54, 1.807) is 13.2 Å². The quantitative estimate of drug-likeness (QED) is 0.842. The lowest BCUT2D eigenvalue weighted by Crippen LogP contribution is -2.39. The van der Waals surface area contributed by atoms with Gasteiger partial charge in [-0.25, -0.2) is 0 Å². The Labute approximate surface area is 126 Å². The molecule has 4 heteroatoms. The normalized spacial score (nSPS) is 17.9. The highest BCUT2D eigenvalue weighted by atomic mass is 32.2. The number of aromatic hydroxyl groups is 1. The summed E-state index contributed by atoms with van der Waals surface area (Å²) < 4.78 is 5.52. The second kappa shape index (κ2) is 7.23. The lowest BCUT2D eigenvalue weighted by molar-refractivity contribution is 0.364. The second-order valence-corrected chi connectivity index (χ2v) is 6.79. The van der Waals surface area contributed by atoms with E-state index >= 15 is 0 Å². The standard InChI is InChI=1S/C16H25NO2S/c1-19-14-8-6-7-13(15(14)18)11-17-12-16(20-2)9-4-3-5-10-16/h6-8,17-18H,3-5,9-12H2,1-2H3. The SMILES string of the molecule is COc1cccc(CNCC2(SC)CCCCC2)c1O. The van der Waals surface area contributed by atoms with E-state index in [0.29, 0.717) is 17.0 Å². The van der Waals surface area contributed by atoms with Gasteiger partial charge in [0.05, 0.1) is 7.11 Å². The molecule has 1 aromatic carbocycles. The van der Waals surface area contributed by atoms with Gasteiger partial charge in [0.15, 0.2) is 11.5 Å². The molecule has 1 aromatic rings. The average Bonchev–Trinajstić information content (AvgIpc) is 2.50. The van der Waals surface area contributed by atoms with Crippen molar-refractivity contribution in [3.05, 3.63) is 23.8 Å². The van der Waals surface area contributed by atoms with E-state index in [1.165, 1.54) is 32.1 Å². The molecule has 112 valence electrons. The number of thioether (sulfide) groups is 1. The van der Waals surface area contributed by atoms with Crippen molar-refractivity contribution in [3.63, 3.8) is 0 Å². The van der Waals surface area contributed by atoms with Gasteiger partial charge in [0.2, 0.25) is 0 Å². The number of nitrogens with one attached hydrogen (secondary N) is 1. The Kier molecular flexibility index (Phi) is 5.61. The molecule has 0 heterocycles. The summed E-state index contributed by atoms with van der Waals surface area (Å²) in [6.45, 7) is 1.69. The van der Waals surface area contributed by atoms with Gasteiger partial charge in [0.1, 0.15) is 0 Å². The average molecular weight is 295 g/mol. The monoisotopic (exact) mass is 295 g/mol. The number of phenols is 1. The Morgan fingerprint density at radius 2 is 2.05 bits per heavy atom. The van der Waals surface area contributed by atoms with Gasteiger partial charge in [-0.2, -0.15) is 11.8 Å². The molecule has 20 heavy (non-hydrogen) atoms. The lowest BCUT2D eigenvalue weighted by Gasteiger charge is -2.36. The highest BCUT2D eigenvalue weighted by molar-refractivity contribution is 8.00. The highest BCUT2D eigenvalue weighted by Gasteiger charge is 2.30. The number of rotatable bonds is 6. The minimum Gasteiger partial charge on any atom is -0.504 e. The molecular weight excluding hydrogens is 270 g/mol. The lowest BCUT2D eigenvalue weighted by atomic mass is 9.88. The maximum absolute atomic E-state index is 10.1. The van der Waals surface area contributed by atoms with Crippen LogP contribution >= 0.6 is 11.8 Å². The van der Waals surface area contributed by atoms with E-state index in [-0.39, 0.29) is 5.75 Å². The first-order chi connectivity index (χ1) is 9.71. The Morgan fingerprint density at radius 1 is 1.30 bits per heavy atom. The van der Waals surface area contributed by atoms with Crippen molar-refractivity contribution < 1.29 is 9.84 Å². The second-order valence-electron chi connectivity index (χ2n) is 5.52. The molecular formula is C16H25NO2S. The minimum absolute atomic E-state index is 0.254. The molecule has 0 amide bonds. The van der Waals surface area contributed by atoms with E-state index in [2.05, 4.69) is 11.6 Å². The van der Waals surface area contributed by atoms with E-state index in [0.717, 1.165) is 12.1 Å². The summed E-state index contributed by atoms with van der Waals surface area (Å²) in [6.07, 6.45) is 8.87. The van der Waals surface area contributed by atoms with Crippen LogP contribution in [0.4, 0.5) is 0 Å². The summed E-state index contributed by atoms with van der Waals surface area (Å²) in [5, 5.41) is 13.6. The van der Waals surface area contributed by atoms with Crippen molar-refractivity contribution in [3.8, 4) is 11.5 Å². The topological polar surface area (TPSA) is 41.5 Å². The molecule has 0 spiro atoms. The number of ether oxygens (including phenoxy) is 1. The fourth-order valence-electron chi connectivity index (χ4n) is 2.95. The van der Waals surface area contributed by atoms with E-state index in [1.807, 2.05) is 23.9 Å². The fourth-order valence-corrected chi connectivity index (χ4v) is 3.89. The van der Waals surface area contributed by atoms with Crippen LogP contribution in [0.25, 0.3) is 0 Å². The Hall–Kier alpha value is -0.870. The van der Waals surface area contributed by atoms with Gasteiger partial charge >= 0.3 is 0 Å².